The standard InChI is InChI=1S/C23H26N2O4/c1-4-5-6-11-22(26)24-18-14-16(12-13-21(18)28-3)25(2)19-15-23(27)29-20-10-8-7-9-17(19)20/h7-10,12-15H,4-6,11H2,1-3H3,(H,24,26). The SMILES string of the molecule is CCCCCC(=O)Nc1cc(N(C)c2cc(=O)oc3ccccc23)ccc1OC. The molecule has 0 saturated heterocycles. The van der Waals surface area contributed by atoms with Crippen LogP contribution in [0.1, 0.15) is 32.6 Å². The van der Waals surface area contributed by atoms with Gasteiger partial charge in [0.05, 0.1) is 18.5 Å². The normalized spacial score (nSPS) is 10.7. The fourth-order valence-corrected chi connectivity index (χ4v) is 3.26. The molecule has 0 atom stereocenters. The van der Waals surface area contributed by atoms with Gasteiger partial charge in [-0.25, -0.2) is 4.79 Å². The molecule has 0 bridgehead atoms. The summed E-state index contributed by atoms with van der Waals surface area (Å²) in [5, 5.41) is 3.77. The Morgan fingerprint density at radius 2 is 1.93 bits per heavy atom. The first kappa shape index (κ1) is 20.5. The van der Waals surface area contributed by atoms with Crippen LogP contribution in [-0.2, 0) is 4.79 Å². The molecule has 0 fully saturated rings. The van der Waals surface area contributed by atoms with E-state index in [0.717, 1.165) is 36.0 Å². The lowest BCUT2D eigenvalue weighted by Crippen LogP contribution is -2.15. The maximum atomic E-state index is 12.3. The molecule has 29 heavy (non-hydrogen) atoms. The van der Waals surface area contributed by atoms with E-state index in [0.29, 0.717) is 23.4 Å². The Hall–Kier alpha value is -3.28. The maximum Gasteiger partial charge on any atom is 0.338 e. The number of fused-ring (bicyclic) bond motifs is 1. The number of methoxy groups -OCH3 is 1. The third-order valence-electron chi connectivity index (χ3n) is 4.84. The number of carbonyl (C=O) groups is 1. The Bertz CT molecular complexity index is 1060. The number of rotatable bonds is 8. The predicted molar refractivity (Wildman–Crippen MR) is 116 cm³/mol. The molecule has 1 heterocycles. The minimum atomic E-state index is -0.413. The van der Waals surface area contributed by atoms with E-state index in [-0.39, 0.29) is 5.91 Å². The van der Waals surface area contributed by atoms with E-state index in [2.05, 4.69) is 12.2 Å². The quantitative estimate of drug-likeness (QED) is 0.426. The van der Waals surface area contributed by atoms with E-state index in [1.807, 2.05) is 42.3 Å². The number of nitrogens with one attached hydrogen (secondary N) is 1. The van der Waals surface area contributed by atoms with E-state index < -0.39 is 5.63 Å². The molecular formula is C23H26N2O4. The number of anilines is 3. The molecule has 0 saturated carbocycles. The third kappa shape index (κ3) is 4.77. The van der Waals surface area contributed by atoms with E-state index in [4.69, 9.17) is 9.15 Å². The van der Waals surface area contributed by atoms with Crippen LogP contribution < -0.4 is 20.6 Å². The Labute approximate surface area is 170 Å². The second kappa shape index (κ2) is 9.28. The van der Waals surface area contributed by atoms with Gasteiger partial charge in [0.15, 0.2) is 0 Å². The summed E-state index contributed by atoms with van der Waals surface area (Å²) in [6.45, 7) is 2.11. The fraction of sp³-hybridized carbons (Fsp3) is 0.304. The van der Waals surface area contributed by atoms with Crippen molar-refractivity contribution in [3.05, 3.63) is 59.0 Å². The maximum absolute atomic E-state index is 12.3. The highest BCUT2D eigenvalue weighted by Gasteiger charge is 2.14. The van der Waals surface area contributed by atoms with E-state index >= 15 is 0 Å². The molecular weight excluding hydrogens is 368 g/mol. The summed E-state index contributed by atoms with van der Waals surface area (Å²) >= 11 is 0. The van der Waals surface area contributed by atoms with Crippen LogP contribution in [0.5, 0.6) is 5.75 Å². The molecule has 1 N–H and O–H groups in total. The van der Waals surface area contributed by atoms with E-state index in [1.54, 1.807) is 19.2 Å². The van der Waals surface area contributed by atoms with Crippen molar-refractivity contribution in [2.24, 2.45) is 0 Å². The van der Waals surface area contributed by atoms with Crippen LogP contribution in [0, 0.1) is 0 Å². The first-order valence-electron chi connectivity index (χ1n) is 9.78. The molecule has 1 aromatic heterocycles. The van der Waals surface area contributed by atoms with Gasteiger partial charge in [-0.15, -0.1) is 0 Å². The second-order valence-electron chi connectivity index (χ2n) is 6.90. The van der Waals surface area contributed by atoms with Gasteiger partial charge in [-0.3, -0.25) is 4.79 Å². The summed E-state index contributed by atoms with van der Waals surface area (Å²) in [5.41, 5.74) is 2.25. The summed E-state index contributed by atoms with van der Waals surface area (Å²) in [6, 6.07) is 14.4. The summed E-state index contributed by atoms with van der Waals surface area (Å²) in [6.07, 6.45) is 3.42. The van der Waals surface area contributed by atoms with Crippen LogP contribution in [0.25, 0.3) is 11.0 Å². The van der Waals surface area contributed by atoms with Gasteiger partial charge in [-0.2, -0.15) is 0 Å². The van der Waals surface area contributed by atoms with Crippen molar-refractivity contribution >= 4 is 33.9 Å². The van der Waals surface area contributed by atoms with Crippen LogP contribution in [0.4, 0.5) is 17.1 Å². The van der Waals surface area contributed by atoms with Gasteiger partial charge in [0.2, 0.25) is 5.91 Å². The van der Waals surface area contributed by atoms with Gasteiger partial charge in [0.25, 0.3) is 0 Å². The Morgan fingerprint density at radius 1 is 1.14 bits per heavy atom. The van der Waals surface area contributed by atoms with Crippen LogP contribution in [0.15, 0.2) is 57.7 Å². The summed E-state index contributed by atoms with van der Waals surface area (Å²) in [4.78, 5) is 26.2. The number of carbonyl (C=O) groups excluding carboxylic acids is 1. The molecule has 6 nitrogen and oxygen atoms in total. The zero-order chi connectivity index (χ0) is 20.8. The van der Waals surface area contributed by atoms with Gasteiger partial charge in [-0.05, 0) is 36.8 Å². The lowest BCUT2D eigenvalue weighted by Gasteiger charge is -2.22. The monoisotopic (exact) mass is 394 g/mol. The zero-order valence-corrected chi connectivity index (χ0v) is 17.0. The van der Waals surface area contributed by atoms with E-state index in [1.165, 1.54) is 6.07 Å². The van der Waals surface area contributed by atoms with Crippen LogP contribution in [0.2, 0.25) is 0 Å². The van der Waals surface area contributed by atoms with Crippen LogP contribution in [0.3, 0.4) is 0 Å². The van der Waals surface area contributed by atoms with Gasteiger partial charge < -0.3 is 19.4 Å². The molecule has 6 heteroatoms. The molecule has 3 rings (SSSR count). The molecule has 1 amide bonds. The summed E-state index contributed by atoms with van der Waals surface area (Å²) in [7, 11) is 3.44. The summed E-state index contributed by atoms with van der Waals surface area (Å²) < 4.78 is 10.7. The number of benzene rings is 2. The third-order valence-corrected chi connectivity index (χ3v) is 4.84. The van der Waals surface area contributed by atoms with Crippen molar-refractivity contribution in [3.63, 3.8) is 0 Å². The summed E-state index contributed by atoms with van der Waals surface area (Å²) in [5.74, 6) is 0.547. The van der Waals surface area contributed by atoms with Crippen LogP contribution >= 0.6 is 0 Å². The highest BCUT2D eigenvalue weighted by Crippen LogP contribution is 2.34. The Balaban J connectivity index is 1.93. The minimum absolute atomic E-state index is 0.0395. The number of amides is 1. The molecule has 3 aromatic rings. The number of para-hydroxylation sites is 1. The molecule has 0 radical (unpaired) electrons. The largest absolute Gasteiger partial charge is 0.495 e. The molecule has 0 unspecified atom stereocenters. The van der Waals surface area contributed by atoms with Crippen molar-refractivity contribution < 1.29 is 13.9 Å². The zero-order valence-electron chi connectivity index (χ0n) is 17.0. The second-order valence-corrected chi connectivity index (χ2v) is 6.90. The number of nitrogens with zero attached hydrogens (tertiary/aromatic N) is 1. The molecule has 152 valence electrons. The minimum Gasteiger partial charge on any atom is -0.495 e. The molecule has 0 aliphatic rings. The lowest BCUT2D eigenvalue weighted by atomic mass is 10.1. The average Bonchev–Trinajstić information content (AvgIpc) is 2.72. The number of hydrogen-bond donors (Lipinski definition) is 1. The topological polar surface area (TPSA) is 71.8 Å². The number of hydrogen-bond acceptors (Lipinski definition) is 5. The van der Waals surface area contributed by atoms with Crippen LogP contribution in [-0.4, -0.2) is 20.1 Å². The van der Waals surface area contributed by atoms with E-state index in [9.17, 15) is 9.59 Å². The highest BCUT2D eigenvalue weighted by molar-refractivity contribution is 5.95. The van der Waals surface area contributed by atoms with Crippen molar-refractivity contribution in [2.45, 2.75) is 32.6 Å². The van der Waals surface area contributed by atoms with Crippen molar-refractivity contribution in [2.75, 3.05) is 24.4 Å². The Kier molecular flexibility index (Phi) is 6.54. The smallest absolute Gasteiger partial charge is 0.338 e. The van der Waals surface area contributed by atoms with Gasteiger partial charge in [-0.1, -0.05) is 31.9 Å². The number of ether oxygens (including phenoxy) is 1. The predicted octanol–water partition coefficient (Wildman–Crippen LogP) is 5.09. The molecule has 0 aliphatic heterocycles. The van der Waals surface area contributed by atoms with Crippen molar-refractivity contribution in [1.82, 2.24) is 0 Å². The van der Waals surface area contributed by atoms with Gasteiger partial charge >= 0.3 is 5.63 Å². The first-order valence-corrected chi connectivity index (χ1v) is 9.78. The Morgan fingerprint density at radius 3 is 2.69 bits per heavy atom. The first-order chi connectivity index (χ1) is 14.0. The highest BCUT2D eigenvalue weighted by atomic mass is 16.5. The molecule has 0 aliphatic carbocycles. The lowest BCUT2D eigenvalue weighted by molar-refractivity contribution is -0.116. The van der Waals surface area contributed by atoms with Gasteiger partial charge in [0.1, 0.15) is 11.3 Å². The molecule has 0 spiro atoms. The van der Waals surface area contributed by atoms with Gasteiger partial charge in [0, 0.05) is 30.6 Å². The number of unbranched alkanes of at least 4 members (excludes halogenated alkanes) is 2. The van der Waals surface area contributed by atoms with Crippen molar-refractivity contribution in [3.8, 4) is 5.75 Å². The fourth-order valence-electron chi connectivity index (χ4n) is 3.26. The average molecular weight is 394 g/mol. The molecule has 2 aromatic carbocycles. The van der Waals surface area contributed by atoms with Crippen molar-refractivity contribution in [1.29, 1.82) is 0 Å².